The number of H-pyrrole nitrogens is 2. The van der Waals surface area contributed by atoms with Crippen molar-refractivity contribution in [2.45, 2.75) is 0 Å². The molecule has 0 radical (unpaired) electrons. The number of anilines is 2. The number of imidazole rings is 1. The standard InChI is InChI=1S/C18H17N5O5/c24-17(11-1-3-12(4-2-11)23(26)27)19-15-9-13-14(21-18(25)20-13)10-16(15)22-5-7-28-8-6-22/h1-4,9-10H,5-8H2,(H,19,24)(H2,20,21,25). The molecule has 1 fully saturated rings. The van der Waals surface area contributed by atoms with Crippen molar-refractivity contribution in [2.75, 3.05) is 36.5 Å². The number of amides is 1. The quantitative estimate of drug-likeness (QED) is 0.465. The fraction of sp³-hybridized carbons (Fsp3) is 0.222. The topological polar surface area (TPSA) is 133 Å². The van der Waals surface area contributed by atoms with Crippen LogP contribution in [0.4, 0.5) is 17.1 Å². The number of nitro groups is 1. The number of benzene rings is 2. The number of aromatic amines is 2. The van der Waals surface area contributed by atoms with Crippen molar-refractivity contribution in [3.63, 3.8) is 0 Å². The van der Waals surface area contributed by atoms with Crippen LogP contribution >= 0.6 is 0 Å². The average molecular weight is 383 g/mol. The van der Waals surface area contributed by atoms with Crippen LogP contribution in [0.1, 0.15) is 10.4 Å². The summed E-state index contributed by atoms with van der Waals surface area (Å²) in [5, 5.41) is 13.6. The number of ether oxygens (including phenoxy) is 1. The Balaban J connectivity index is 1.68. The smallest absolute Gasteiger partial charge is 0.323 e. The molecule has 2 heterocycles. The number of fused-ring (bicyclic) bond motifs is 1. The molecule has 1 aromatic heterocycles. The highest BCUT2D eigenvalue weighted by atomic mass is 16.6. The number of nitrogens with zero attached hydrogens (tertiary/aromatic N) is 2. The van der Waals surface area contributed by atoms with Crippen LogP contribution in [-0.2, 0) is 4.74 Å². The molecule has 3 aromatic rings. The zero-order chi connectivity index (χ0) is 19.7. The predicted octanol–water partition coefficient (Wildman–Crippen LogP) is 1.85. The molecule has 1 amide bonds. The first kappa shape index (κ1) is 17.7. The fourth-order valence-corrected chi connectivity index (χ4v) is 3.17. The van der Waals surface area contributed by atoms with Crippen molar-refractivity contribution in [3.8, 4) is 0 Å². The van der Waals surface area contributed by atoms with Crippen LogP contribution in [-0.4, -0.2) is 47.1 Å². The number of rotatable bonds is 4. The van der Waals surface area contributed by atoms with Gasteiger partial charge in [-0.2, -0.15) is 0 Å². The van der Waals surface area contributed by atoms with Gasteiger partial charge in [-0.3, -0.25) is 14.9 Å². The molecule has 0 saturated carbocycles. The molecule has 10 heteroatoms. The molecular weight excluding hydrogens is 366 g/mol. The van der Waals surface area contributed by atoms with Crippen molar-refractivity contribution in [2.24, 2.45) is 0 Å². The molecule has 0 aliphatic carbocycles. The van der Waals surface area contributed by atoms with E-state index in [-0.39, 0.29) is 11.4 Å². The lowest BCUT2D eigenvalue weighted by Crippen LogP contribution is -2.36. The predicted molar refractivity (Wildman–Crippen MR) is 103 cm³/mol. The van der Waals surface area contributed by atoms with Crippen LogP contribution in [0.15, 0.2) is 41.2 Å². The van der Waals surface area contributed by atoms with Gasteiger partial charge in [-0.25, -0.2) is 4.79 Å². The maximum atomic E-state index is 12.7. The number of carbonyl (C=O) groups is 1. The average Bonchev–Trinajstić information content (AvgIpc) is 3.07. The fourth-order valence-electron chi connectivity index (χ4n) is 3.17. The van der Waals surface area contributed by atoms with E-state index in [1.165, 1.54) is 24.3 Å². The summed E-state index contributed by atoms with van der Waals surface area (Å²) >= 11 is 0. The largest absolute Gasteiger partial charge is 0.378 e. The second kappa shape index (κ2) is 7.16. The molecular formula is C18H17N5O5. The van der Waals surface area contributed by atoms with Crippen molar-refractivity contribution in [3.05, 3.63) is 62.6 Å². The van der Waals surface area contributed by atoms with Gasteiger partial charge in [-0.15, -0.1) is 0 Å². The van der Waals surface area contributed by atoms with E-state index < -0.39 is 10.8 Å². The number of non-ortho nitro benzene ring substituents is 1. The maximum absolute atomic E-state index is 12.7. The number of nitro benzene ring substituents is 1. The highest BCUT2D eigenvalue weighted by Crippen LogP contribution is 2.31. The lowest BCUT2D eigenvalue weighted by atomic mass is 10.1. The summed E-state index contributed by atoms with van der Waals surface area (Å²) in [6, 6.07) is 8.87. The lowest BCUT2D eigenvalue weighted by molar-refractivity contribution is -0.384. The van der Waals surface area contributed by atoms with Gasteiger partial charge in [0.1, 0.15) is 0 Å². The normalized spacial score (nSPS) is 14.2. The van der Waals surface area contributed by atoms with E-state index in [9.17, 15) is 19.7 Å². The second-order valence-electron chi connectivity index (χ2n) is 6.35. The molecule has 2 aromatic carbocycles. The van der Waals surface area contributed by atoms with Crippen molar-refractivity contribution < 1.29 is 14.5 Å². The van der Waals surface area contributed by atoms with Crippen molar-refractivity contribution >= 4 is 34.0 Å². The van der Waals surface area contributed by atoms with Gasteiger partial charge in [-0.05, 0) is 24.3 Å². The minimum absolute atomic E-state index is 0.0862. The summed E-state index contributed by atoms with van der Waals surface area (Å²) < 4.78 is 5.39. The number of hydrogen-bond donors (Lipinski definition) is 3. The van der Waals surface area contributed by atoms with Crippen LogP contribution in [0, 0.1) is 10.1 Å². The van der Waals surface area contributed by atoms with Gasteiger partial charge in [0.2, 0.25) is 0 Å². The first-order valence-electron chi connectivity index (χ1n) is 8.66. The van der Waals surface area contributed by atoms with Crippen molar-refractivity contribution in [1.82, 2.24) is 9.97 Å². The van der Waals surface area contributed by atoms with Gasteiger partial charge in [0.15, 0.2) is 0 Å². The van der Waals surface area contributed by atoms with Crippen LogP contribution in [0.3, 0.4) is 0 Å². The molecule has 144 valence electrons. The van der Waals surface area contributed by atoms with Crippen LogP contribution in [0.2, 0.25) is 0 Å². The third-order valence-corrected chi connectivity index (χ3v) is 4.57. The molecule has 1 aliphatic rings. The number of nitrogens with one attached hydrogen (secondary N) is 3. The van der Waals surface area contributed by atoms with Gasteiger partial charge in [-0.1, -0.05) is 0 Å². The highest BCUT2D eigenvalue weighted by Gasteiger charge is 2.19. The minimum atomic E-state index is -0.519. The Bertz CT molecular complexity index is 1100. The Morgan fingerprint density at radius 1 is 1.11 bits per heavy atom. The van der Waals surface area contributed by atoms with Crippen LogP contribution < -0.4 is 15.9 Å². The van der Waals surface area contributed by atoms with E-state index in [1.54, 1.807) is 6.07 Å². The zero-order valence-electron chi connectivity index (χ0n) is 14.7. The summed E-state index contributed by atoms with van der Waals surface area (Å²) in [7, 11) is 0. The number of carbonyl (C=O) groups excluding carboxylic acids is 1. The summed E-state index contributed by atoms with van der Waals surface area (Å²) in [6.45, 7) is 2.44. The SMILES string of the molecule is O=C(Nc1cc2[nH]c(=O)[nH]c2cc1N1CCOCC1)c1ccc([N+](=O)[O-])cc1. The zero-order valence-corrected chi connectivity index (χ0v) is 14.7. The van der Waals surface area contributed by atoms with Crippen molar-refractivity contribution in [1.29, 1.82) is 0 Å². The van der Waals surface area contributed by atoms with E-state index >= 15 is 0 Å². The first-order valence-corrected chi connectivity index (χ1v) is 8.66. The summed E-state index contributed by atoms with van der Waals surface area (Å²) in [5.41, 5.74) is 2.38. The van der Waals surface area contributed by atoms with E-state index in [4.69, 9.17) is 4.74 Å². The number of aromatic nitrogens is 2. The third kappa shape index (κ3) is 3.45. The summed E-state index contributed by atoms with van der Waals surface area (Å²) in [5.74, 6) is -0.401. The van der Waals surface area contributed by atoms with E-state index in [0.29, 0.717) is 48.6 Å². The Hall–Kier alpha value is -3.66. The molecule has 4 rings (SSSR count). The Morgan fingerprint density at radius 3 is 2.39 bits per heavy atom. The monoisotopic (exact) mass is 383 g/mol. The summed E-state index contributed by atoms with van der Waals surface area (Å²) in [6.07, 6.45) is 0. The second-order valence-corrected chi connectivity index (χ2v) is 6.35. The molecule has 1 aliphatic heterocycles. The van der Waals surface area contributed by atoms with E-state index in [2.05, 4.69) is 20.2 Å². The van der Waals surface area contributed by atoms with E-state index in [1.807, 2.05) is 6.07 Å². The molecule has 1 saturated heterocycles. The molecule has 0 atom stereocenters. The maximum Gasteiger partial charge on any atom is 0.323 e. The first-order chi connectivity index (χ1) is 13.5. The van der Waals surface area contributed by atoms with Gasteiger partial charge >= 0.3 is 5.69 Å². The summed E-state index contributed by atoms with van der Waals surface area (Å²) in [4.78, 5) is 42.0. The van der Waals surface area contributed by atoms with Gasteiger partial charge in [0.25, 0.3) is 11.6 Å². The lowest BCUT2D eigenvalue weighted by Gasteiger charge is -2.30. The van der Waals surface area contributed by atoms with Gasteiger partial charge in [0.05, 0.1) is 40.5 Å². The molecule has 3 N–H and O–H groups in total. The Morgan fingerprint density at radius 2 is 1.75 bits per heavy atom. The third-order valence-electron chi connectivity index (χ3n) is 4.57. The molecule has 0 unspecified atom stereocenters. The number of morpholine rings is 1. The molecule has 28 heavy (non-hydrogen) atoms. The van der Waals surface area contributed by atoms with Crippen LogP contribution in [0.5, 0.6) is 0 Å². The van der Waals surface area contributed by atoms with Gasteiger partial charge in [0, 0.05) is 30.8 Å². The van der Waals surface area contributed by atoms with Crippen LogP contribution in [0.25, 0.3) is 11.0 Å². The Kier molecular flexibility index (Phi) is 4.53. The Labute approximate surface area is 158 Å². The molecule has 0 spiro atoms. The highest BCUT2D eigenvalue weighted by molar-refractivity contribution is 6.07. The minimum Gasteiger partial charge on any atom is -0.378 e. The van der Waals surface area contributed by atoms with Gasteiger partial charge < -0.3 is 24.9 Å². The molecule has 10 nitrogen and oxygen atoms in total. The molecule has 0 bridgehead atoms. The van der Waals surface area contributed by atoms with E-state index in [0.717, 1.165) is 5.69 Å². The number of hydrogen-bond acceptors (Lipinski definition) is 6.